The summed E-state index contributed by atoms with van der Waals surface area (Å²) < 4.78 is 1.43. The lowest BCUT2D eigenvalue weighted by molar-refractivity contribution is -0.121. The fourth-order valence-corrected chi connectivity index (χ4v) is 2.71. The molecule has 3 N–H and O–H groups in total. The summed E-state index contributed by atoms with van der Waals surface area (Å²) in [5.74, 6) is 6.61. The molecule has 1 aromatic carbocycles. The quantitative estimate of drug-likeness (QED) is 0.663. The van der Waals surface area contributed by atoms with E-state index < -0.39 is 0 Å². The van der Waals surface area contributed by atoms with Crippen molar-refractivity contribution < 1.29 is 4.79 Å². The van der Waals surface area contributed by atoms with Gasteiger partial charge in [-0.25, -0.2) is 4.68 Å². The Bertz CT molecular complexity index is 687. The van der Waals surface area contributed by atoms with E-state index in [9.17, 15) is 4.79 Å². The van der Waals surface area contributed by atoms with E-state index in [1.54, 1.807) is 0 Å². The van der Waals surface area contributed by atoms with Crippen molar-refractivity contribution >= 4 is 17.7 Å². The van der Waals surface area contributed by atoms with Crippen molar-refractivity contribution in [3.8, 4) is 11.4 Å². The minimum atomic E-state index is -0.313. The van der Waals surface area contributed by atoms with Crippen molar-refractivity contribution in [2.45, 2.75) is 50.6 Å². The molecular formula is C16H23N5OS. The lowest BCUT2D eigenvalue weighted by Crippen LogP contribution is -2.44. The summed E-state index contributed by atoms with van der Waals surface area (Å²) in [6.07, 6.45) is 0. The van der Waals surface area contributed by atoms with Gasteiger partial charge in [0.1, 0.15) is 0 Å². The van der Waals surface area contributed by atoms with Crippen molar-refractivity contribution in [2.75, 3.05) is 5.84 Å². The van der Waals surface area contributed by atoms with Crippen molar-refractivity contribution in [1.29, 1.82) is 0 Å². The summed E-state index contributed by atoms with van der Waals surface area (Å²) in [7, 11) is 0. The molecule has 0 aliphatic carbocycles. The topological polar surface area (TPSA) is 85.8 Å². The summed E-state index contributed by atoms with van der Waals surface area (Å²) in [4.78, 5) is 12.2. The van der Waals surface area contributed by atoms with Crippen LogP contribution in [0.1, 0.15) is 33.3 Å². The van der Waals surface area contributed by atoms with E-state index in [0.717, 1.165) is 5.56 Å². The largest absolute Gasteiger partial charge is 0.351 e. The van der Waals surface area contributed by atoms with Crippen molar-refractivity contribution in [3.05, 3.63) is 29.8 Å². The van der Waals surface area contributed by atoms with Crippen LogP contribution >= 0.6 is 11.8 Å². The van der Waals surface area contributed by atoms with Crippen LogP contribution in [0.25, 0.3) is 11.4 Å². The van der Waals surface area contributed by atoms with Gasteiger partial charge in [-0.15, -0.1) is 10.2 Å². The van der Waals surface area contributed by atoms with Gasteiger partial charge in [0.15, 0.2) is 5.82 Å². The number of hydrogen-bond acceptors (Lipinski definition) is 5. The Balaban J connectivity index is 2.13. The molecule has 0 saturated carbocycles. The summed E-state index contributed by atoms with van der Waals surface area (Å²) in [6.45, 7) is 9.69. The van der Waals surface area contributed by atoms with Crippen LogP contribution in [0, 0.1) is 6.92 Å². The number of nitrogens with one attached hydrogen (secondary N) is 1. The molecule has 0 bridgehead atoms. The fraction of sp³-hybridized carbons (Fsp3) is 0.438. The number of thioether (sulfide) groups is 1. The van der Waals surface area contributed by atoms with Crippen molar-refractivity contribution in [3.63, 3.8) is 0 Å². The second-order valence-corrected chi connectivity index (χ2v) is 7.85. The van der Waals surface area contributed by atoms with Crippen LogP contribution in [0.5, 0.6) is 0 Å². The molecule has 0 saturated heterocycles. The number of aromatic nitrogens is 3. The molecule has 1 atom stereocenters. The first-order valence-electron chi connectivity index (χ1n) is 7.43. The van der Waals surface area contributed by atoms with Crippen LogP contribution in [0.15, 0.2) is 29.4 Å². The monoisotopic (exact) mass is 333 g/mol. The number of nitrogens with zero attached hydrogens (tertiary/aromatic N) is 3. The third-order valence-electron chi connectivity index (χ3n) is 3.12. The van der Waals surface area contributed by atoms with E-state index in [0.29, 0.717) is 11.0 Å². The molecule has 124 valence electrons. The van der Waals surface area contributed by atoms with Crippen LogP contribution in [-0.4, -0.2) is 31.6 Å². The van der Waals surface area contributed by atoms with E-state index >= 15 is 0 Å². The zero-order valence-corrected chi connectivity index (χ0v) is 14.9. The number of carbonyl (C=O) groups is 1. The molecule has 0 spiro atoms. The molecule has 23 heavy (non-hydrogen) atoms. The third kappa shape index (κ3) is 4.48. The Kier molecular flexibility index (Phi) is 4.99. The molecule has 1 amide bonds. The highest BCUT2D eigenvalue weighted by Crippen LogP contribution is 2.25. The van der Waals surface area contributed by atoms with Crippen LogP contribution in [0.3, 0.4) is 0 Å². The first kappa shape index (κ1) is 17.3. The lowest BCUT2D eigenvalue weighted by Gasteiger charge is -2.22. The highest BCUT2D eigenvalue weighted by Gasteiger charge is 2.23. The number of amides is 1. The second kappa shape index (κ2) is 6.62. The summed E-state index contributed by atoms with van der Waals surface area (Å²) in [5.41, 5.74) is 1.79. The van der Waals surface area contributed by atoms with Crippen LogP contribution < -0.4 is 11.2 Å². The standard InChI is InChI=1S/C16H23N5OS/c1-10-6-8-12(9-7-10)13-19-20-15(21(13)17)23-11(2)14(22)18-16(3,4)5/h6-9,11H,17H2,1-5H3,(H,18,22)/t11-/m1/s1. The normalized spacial score (nSPS) is 12.9. The maximum absolute atomic E-state index is 12.2. The fourth-order valence-electron chi connectivity index (χ4n) is 1.94. The van der Waals surface area contributed by atoms with Gasteiger partial charge in [-0.3, -0.25) is 4.79 Å². The van der Waals surface area contributed by atoms with Gasteiger partial charge in [-0.05, 0) is 34.6 Å². The smallest absolute Gasteiger partial charge is 0.233 e. The van der Waals surface area contributed by atoms with Crippen LogP contribution in [0.4, 0.5) is 0 Å². The number of aryl methyl sites for hydroxylation is 1. The number of hydrogen-bond donors (Lipinski definition) is 2. The van der Waals surface area contributed by atoms with Crippen LogP contribution in [0.2, 0.25) is 0 Å². The predicted molar refractivity (Wildman–Crippen MR) is 93.6 cm³/mol. The van der Waals surface area contributed by atoms with Gasteiger partial charge in [0.2, 0.25) is 11.1 Å². The Labute approximate surface area is 140 Å². The molecule has 0 unspecified atom stereocenters. The molecule has 0 fully saturated rings. The van der Waals surface area contributed by atoms with Gasteiger partial charge >= 0.3 is 0 Å². The van der Waals surface area contributed by atoms with E-state index in [-0.39, 0.29) is 16.7 Å². The van der Waals surface area contributed by atoms with Gasteiger partial charge in [0.05, 0.1) is 5.25 Å². The molecular weight excluding hydrogens is 310 g/mol. The summed E-state index contributed by atoms with van der Waals surface area (Å²) in [6, 6.07) is 7.90. The summed E-state index contributed by atoms with van der Waals surface area (Å²) in [5, 5.41) is 11.4. The van der Waals surface area contributed by atoms with Gasteiger partial charge in [-0.2, -0.15) is 0 Å². The molecule has 0 radical (unpaired) electrons. The van der Waals surface area contributed by atoms with E-state index in [4.69, 9.17) is 5.84 Å². The number of nitrogens with two attached hydrogens (primary N) is 1. The van der Waals surface area contributed by atoms with E-state index in [1.807, 2.05) is 58.9 Å². The summed E-state index contributed by atoms with van der Waals surface area (Å²) >= 11 is 1.29. The van der Waals surface area contributed by atoms with E-state index in [2.05, 4.69) is 15.5 Å². The third-order valence-corrected chi connectivity index (χ3v) is 4.18. The highest BCUT2D eigenvalue weighted by atomic mass is 32.2. The second-order valence-electron chi connectivity index (χ2n) is 6.54. The SMILES string of the molecule is Cc1ccc(-c2nnc(S[C@H](C)C(=O)NC(C)(C)C)n2N)cc1. The van der Waals surface area contributed by atoms with Crippen molar-refractivity contribution in [1.82, 2.24) is 20.2 Å². The minimum Gasteiger partial charge on any atom is -0.351 e. The molecule has 0 aliphatic heterocycles. The average molecular weight is 333 g/mol. The lowest BCUT2D eigenvalue weighted by atomic mass is 10.1. The van der Waals surface area contributed by atoms with Crippen LogP contribution in [-0.2, 0) is 4.79 Å². The Morgan fingerprint density at radius 1 is 1.26 bits per heavy atom. The zero-order valence-electron chi connectivity index (χ0n) is 14.1. The Morgan fingerprint density at radius 2 is 1.87 bits per heavy atom. The maximum Gasteiger partial charge on any atom is 0.233 e. The maximum atomic E-state index is 12.2. The average Bonchev–Trinajstić information content (AvgIpc) is 2.79. The molecule has 0 aliphatic rings. The minimum absolute atomic E-state index is 0.0533. The Hall–Kier alpha value is -2.02. The van der Waals surface area contributed by atoms with Gasteiger partial charge < -0.3 is 11.2 Å². The predicted octanol–water partition coefficient (Wildman–Crippen LogP) is 2.36. The molecule has 2 rings (SSSR count). The molecule has 1 heterocycles. The zero-order chi connectivity index (χ0) is 17.2. The first-order chi connectivity index (χ1) is 10.7. The molecule has 6 nitrogen and oxygen atoms in total. The van der Waals surface area contributed by atoms with Crippen molar-refractivity contribution in [2.24, 2.45) is 0 Å². The van der Waals surface area contributed by atoms with Gasteiger partial charge in [0, 0.05) is 11.1 Å². The van der Waals surface area contributed by atoms with E-state index in [1.165, 1.54) is 22.0 Å². The van der Waals surface area contributed by atoms with Gasteiger partial charge in [0.25, 0.3) is 0 Å². The number of benzene rings is 1. The molecule has 7 heteroatoms. The number of rotatable bonds is 4. The number of carbonyl (C=O) groups excluding carboxylic acids is 1. The van der Waals surface area contributed by atoms with Gasteiger partial charge in [-0.1, -0.05) is 41.6 Å². The Morgan fingerprint density at radius 3 is 2.43 bits per heavy atom. The first-order valence-corrected chi connectivity index (χ1v) is 8.31. The molecule has 2 aromatic rings. The highest BCUT2D eigenvalue weighted by molar-refractivity contribution is 8.00. The number of nitrogen functional groups attached to an aromatic ring is 1. The molecule has 1 aromatic heterocycles.